The van der Waals surface area contributed by atoms with Crippen molar-refractivity contribution in [2.75, 3.05) is 0 Å². The summed E-state index contributed by atoms with van der Waals surface area (Å²) in [6, 6.07) is 12.8. The van der Waals surface area contributed by atoms with Crippen molar-refractivity contribution in [2.24, 2.45) is 5.73 Å². The van der Waals surface area contributed by atoms with Gasteiger partial charge in [-0.1, -0.05) is 30.3 Å². The number of carboxylic acid groups (broad SMARTS) is 1. The van der Waals surface area contributed by atoms with E-state index in [0.717, 1.165) is 0 Å². The first-order valence-electron chi connectivity index (χ1n) is 7.35. The second-order valence-electron chi connectivity index (χ2n) is 5.30. The van der Waals surface area contributed by atoms with E-state index in [-0.39, 0.29) is 17.5 Å². The molecule has 130 valence electrons. The number of benzene rings is 2. The second-order valence-corrected chi connectivity index (χ2v) is 5.30. The maximum atomic E-state index is 12.1. The van der Waals surface area contributed by atoms with E-state index in [0.29, 0.717) is 5.56 Å². The third kappa shape index (κ3) is 4.85. The maximum absolute atomic E-state index is 12.1. The van der Waals surface area contributed by atoms with Gasteiger partial charge in [0.2, 0.25) is 0 Å². The first-order valence-corrected chi connectivity index (χ1v) is 7.35. The molecule has 0 aliphatic heterocycles. The van der Waals surface area contributed by atoms with Crippen LogP contribution in [0.1, 0.15) is 27.7 Å². The third-order valence-electron chi connectivity index (χ3n) is 3.46. The van der Waals surface area contributed by atoms with Crippen LogP contribution in [0.4, 0.5) is 0 Å². The van der Waals surface area contributed by atoms with E-state index >= 15 is 0 Å². The Labute approximate surface area is 143 Å². The first-order chi connectivity index (χ1) is 11.9. The Bertz CT molecular complexity index is 760. The molecule has 0 bridgehead atoms. The van der Waals surface area contributed by atoms with Gasteiger partial charge in [-0.3, -0.25) is 14.9 Å². The quantitative estimate of drug-likeness (QED) is 0.338. The van der Waals surface area contributed by atoms with E-state index in [1.807, 2.05) is 0 Å². The minimum Gasteiger partial charge on any atom is -0.480 e. The molecule has 8 heteroatoms. The summed E-state index contributed by atoms with van der Waals surface area (Å²) in [4.78, 5) is 33.3. The Kier molecular flexibility index (Phi) is 5.80. The number of nitro groups is 1. The number of carboxylic acids is 1. The SMILES string of the molecule is NC(Cc1ccc(C(=O)OC(c2ccccc2)[N+](=O)[O-])cc1)C(=O)O. The van der Waals surface area contributed by atoms with Crippen LogP contribution in [0.3, 0.4) is 0 Å². The normalized spacial score (nSPS) is 12.8. The Morgan fingerprint density at radius 3 is 2.24 bits per heavy atom. The smallest absolute Gasteiger partial charge is 0.383 e. The predicted octanol–water partition coefficient (Wildman–Crippen LogP) is 1.77. The highest BCUT2D eigenvalue weighted by atomic mass is 16.7. The molecule has 0 spiro atoms. The lowest BCUT2D eigenvalue weighted by molar-refractivity contribution is -0.574. The molecule has 0 saturated heterocycles. The zero-order valence-corrected chi connectivity index (χ0v) is 13.1. The van der Waals surface area contributed by atoms with Crippen molar-refractivity contribution in [1.82, 2.24) is 0 Å². The summed E-state index contributed by atoms with van der Waals surface area (Å²) < 4.78 is 4.99. The standard InChI is InChI=1S/C17H16N2O6/c18-14(16(20)21)10-11-6-8-13(9-7-11)17(22)25-15(19(23)24)12-4-2-1-3-5-12/h1-9,14-15H,10,18H2,(H,20,21). The Morgan fingerprint density at radius 1 is 1.12 bits per heavy atom. The fourth-order valence-corrected chi connectivity index (χ4v) is 2.14. The van der Waals surface area contributed by atoms with Crippen LogP contribution >= 0.6 is 0 Å². The summed E-state index contributed by atoms with van der Waals surface area (Å²) in [6.07, 6.45) is -1.50. The van der Waals surface area contributed by atoms with E-state index in [1.54, 1.807) is 18.2 Å². The Morgan fingerprint density at radius 2 is 1.72 bits per heavy atom. The van der Waals surface area contributed by atoms with Gasteiger partial charge in [-0.2, -0.15) is 0 Å². The molecule has 25 heavy (non-hydrogen) atoms. The highest BCUT2D eigenvalue weighted by Crippen LogP contribution is 2.20. The number of rotatable bonds is 7. The molecule has 0 heterocycles. The number of hydrogen-bond donors (Lipinski definition) is 2. The zero-order valence-electron chi connectivity index (χ0n) is 13.1. The van der Waals surface area contributed by atoms with Crippen molar-refractivity contribution in [3.05, 3.63) is 81.4 Å². The molecule has 0 aromatic heterocycles. The van der Waals surface area contributed by atoms with Gasteiger partial charge in [-0.25, -0.2) is 4.79 Å². The molecule has 2 unspecified atom stereocenters. The molecule has 8 nitrogen and oxygen atoms in total. The van der Waals surface area contributed by atoms with Crippen LogP contribution < -0.4 is 5.73 Å². The van der Waals surface area contributed by atoms with Gasteiger partial charge in [0.25, 0.3) is 0 Å². The molecule has 2 aromatic carbocycles. The number of nitrogens with two attached hydrogens (primary N) is 1. The molecule has 3 N–H and O–H groups in total. The topological polar surface area (TPSA) is 133 Å². The van der Waals surface area contributed by atoms with E-state index in [4.69, 9.17) is 15.6 Å². The number of aliphatic carboxylic acids is 1. The molecule has 2 rings (SSSR count). The van der Waals surface area contributed by atoms with E-state index in [9.17, 15) is 19.7 Å². The van der Waals surface area contributed by atoms with Crippen LogP contribution in [0.2, 0.25) is 0 Å². The predicted molar refractivity (Wildman–Crippen MR) is 87.4 cm³/mol. The molecule has 0 fully saturated rings. The van der Waals surface area contributed by atoms with Gasteiger partial charge in [-0.05, 0) is 36.2 Å². The van der Waals surface area contributed by atoms with Crippen LogP contribution in [0.25, 0.3) is 0 Å². The average molecular weight is 344 g/mol. The van der Waals surface area contributed by atoms with Gasteiger partial charge in [0, 0.05) is 0 Å². The summed E-state index contributed by atoms with van der Waals surface area (Å²) in [5, 5.41) is 19.9. The Balaban J connectivity index is 2.09. The van der Waals surface area contributed by atoms with Gasteiger partial charge in [0.15, 0.2) is 0 Å². The highest BCUT2D eigenvalue weighted by Gasteiger charge is 2.27. The van der Waals surface area contributed by atoms with Crippen molar-refractivity contribution in [3.8, 4) is 0 Å². The zero-order chi connectivity index (χ0) is 18.4. The number of hydrogen-bond acceptors (Lipinski definition) is 6. The van der Waals surface area contributed by atoms with Crippen LogP contribution in [0.15, 0.2) is 54.6 Å². The van der Waals surface area contributed by atoms with Gasteiger partial charge >= 0.3 is 18.2 Å². The molecule has 0 aliphatic carbocycles. The lowest BCUT2D eigenvalue weighted by atomic mass is 10.0. The summed E-state index contributed by atoms with van der Waals surface area (Å²) in [5.41, 5.74) is 6.44. The van der Waals surface area contributed by atoms with Crippen molar-refractivity contribution in [2.45, 2.75) is 18.7 Å². The lowest BCUT2D eigenvalue weighted by Crippen LogP contribution is -2.32. The van der Waals surface area contributed by atoms with Crippen LogP contribution in [-0.2, 0) is 16.0 Å². The van der Waals surface area contributed by atoms with Gasteiger partial charge in [-0.15, -0.1) is 0 Å². The molecule has 2 atom stereocenters. The molecule has 0 radical (unpaired) electrons. The molecule has 2 aromatic rings. The summed E-state index contributed by atoms with van der Waals surface area (Å²) in [5.74, 6) is -1.97. The number of esters is 1. The number of nitrogens with zero attached hydrogens (tertiary/aromatic N) is 1. The third-order valence-corrected chi connectivity index (χ3v) is 3.46. The van der Waals surface area contributed by atoms with E-state index in [1.165, 1.54) is 36.4 Å². The molecule has 0 aliphatic rings. The lowest BCUT2D eigenvalue weighted by Gasteiger charge is -2.11. The van der Waals surface area contributed by atoms with Gasteiger partial charge in [0.1, 0.15) is 6.04 Å². The fourth-order valence-electron chi connectivity index (χ4n) is 2.14. The van der Waals surface area contributed by atoms with E-state index in [2.05, 4.69) is 0 Å². The summed E-state index contributed by atoms with van der Waals surface area (Å²) in [7, 11) is 0. The van der Waals surface area contributed by atoms with E-state index < -0.39 is 29.1 Å². The van der Waals surface area contributed by atoms with Crippen LogP contribution in [-0.4, -0.2) is 28.0 Å². The largest absolute Gasteiger partial charge is 0.480 e. The molecular weight excluding hydrogens is 328 g/mol. The van der Waals surface area contributed by atoms with Crippen molar-refractivity contribution in [1.29, 1.82) is 0 Å². The number of ether oxygens (including phenoxy) is 1. The fraction of sp³-hybridized carbons (Fsp3) is 0.176. The second kappa shape index (κ2) is 8.02. The van der Waals surface area contributed by atoms with Crippen LogP contribution in [0.5, 0.6) is 0 Å². The van der Waals surface area contributed by atoms with Crippen molar-refractivity contribution >= 4 is 11.9 Å². The van der Waals surface area contributed by atoms with Crippen LogP contribution in [0, 0.1) is 10.1 Å². The molecule has 0 saturated carbocycles. The number of carbonyl (C=O) groups excluding carboxylic acids is 1. The van der Waals surface area contributed by atoms with Crippen molar-refractivity contribution in [3.63, 3.8) is 0 Å². The minimum atomic E-state index is -1.60. The molecule has 0 amide bonds. The highest BCUT2D eigenvalue weighted by molar-refractivity contribution is 5.89. The molecular formula is C17H16N2O6. The summed E-state index contributed by atoms with van der Waals surface area (Å²) in [6.45, 7) is 0. The van der Waals surface area contributed by atoms with Crippen molar-refractivity contribution < 1.29 is 24.4 Å². The first kappa shape index (κ1) is 18.1. The number of carbonyl (C=O) groups is 2. The maximum Gasteiger partial charge on any atom is 0.383 e. The average Bonchev–Trinajstić information content (AvgIpc) is 2.60. The summed E-state index contributed by atoms with van der Waals surface area (Å²) >= 11 is 0. The van der Waals surface area contributed by atoms with Gasteiger partial charge in [0.05, 0.1) is 16.1 Å². The van der Waals surface area contributed by atoms with Gasteiger partial charge < -0.3 is 15.6 Å². The monoisotopic (exact) mass is 344 g/mol. The Hall–Kier alpha value is -3.26. The minimum absolute atomic E-state index is 0.103.